The van der Waals surface area contributed by atoms with Crippen LogP contribution >= 0.6 is 0 Å². The third kappa shape index (κ3) is 3.05. The number of anilines is 1. The lowest BCUT2D eigenvalue weighted by Gasteiger charge is -2.12. The van der Waals surface area contributed by atoms with Crippen molar-refractivity contribution in [2.24, 2.45) is 7.05 Å². The van der Waals surface area contributed by atoms with Gasteiger partial charge in [0.2, 0.25) is 5.69 Å². The van der Waals surface area contributed by atoms with Gasteiger partial charge >= 0.3 is 11.9 Å². The van der Waals surface area contributed by atoms with Crippen LogP contribution < -0.4 is 5.32 Å². The first kappa shape index (κ1) is 15.5. The van der Waals surface area contributed by atoms with E-state index in [0.717, 1.165) is 23.0 Å². The monoisotopic (exact) mass is 314 g/mol. The number of nitrogens with zero attached hydrogens (tertiary/aromatic N) is 3. The fraction of sp³-hybridized carbons (Fsp3) is 0.167. The highest BCUT2D eigenvalue weighted by molar-refractivity contribution is 6.05. The standard InChI is InChI=1S/C12H9F3N4O3/c1-18-6-9(19(21)22)10(17-18)11(20)16-8-5-3-2-4-7(8)12(13,14)15/h2-6H,1H3,(H,16,20). The summed E-state index contributed by atoms with van der Waals surface area (Å²) in [7, 11) is 1.35. The van der Waals surface area contributed by atoms with E-state index in [4.69, 9.17) is 0 Å². The number of hydrogen-bond acceptors (Lipinski definition) is 4. The van der Waals surface area contributed by atoms with Gasteiger partial charge < -0.3 is 5.32 Å². The molecular formula is C12H9F3N4O3. The highest BCUT2D eigenvalue weighted by atomic mass is 19.4. The van der Waals surface area contributed by atoms with Crippen LogP contribution in [0.25, 0.3) is 0 Å². The van der Waals surface area contributed by atoms with Gasteiger partial charge in [0.15, 0.2) is 0 Å². The number of aryl methyl sites for hydroxylation is 1. The van der Waals surface area contributed by atoms with Gasteiger partial charge in [-0.15, -0.1) is 0 Å². The van der Waals surface area contributed by atoms with Crippen molar-refractivity contribution in [2.75, 3.05) is 5.32 Å². The van der Waals surface area contributed by atoms with Gasteiger partial charge in [-0.3, -0.25) is 19.6 Å². The molecule has 0 fully saturated rings. The van der Waals surface area contributed by atoms with E-state index in [1.165, 1.54) is 19.2 Å². The van der Waals surface area contributed by atoms with Crippen LogP contribution in [0.1, 0.15) is 16.1 Å². The van der Waals surface area contributed by atoms with Crippen molar-refractivity contribution in [3.8, 4) is 0 Å². The lowest BCUT2D eigenvalue weighted by Crippen LogP contribution is -2.18. The Bertz CT molecular complexity index is 739. The van der Waals surface area contributed by atoms with Gasteiger partial charge in [0.1, 0.15) is 6.20 Å². The molecule has 0 aliphatic rings. The Morgan fingerprint density at radius 1 is 1.36 bits per heavy atom. The zero-order valence-electron chi connectivity index (χ0n) is 11.1. The van der Waals surface area contributed by atoms with Crippen molar-refractivity contribution in [2.45, 2.75) is 6.18 Å². The minimum absolute atomic E-state index is 0.500. The van der Waals surface area contributed by atoms with Crippen molar-refractivity contribution < 1.29 is 22.9 Å². The Morgan fingerprint density at radius 3 is 2.59 bits per heavy atom. The Balaban J connectivity index is 2.37. The Kier molecular flexibility index (Phi) is 3.85. The van der Waals surface area contributed by atoms with E-state index in [1.54, 1.807) is 0 Å². The normalized spacial score (nSPS) is 11.3. The van der Waals surface area contributed by atoms with E-state index in [0.29, 0.717) is 0 Å². The van der Waals surface area contributed by atoms with Crippen LogP contribution in [0.15, 0.2) is 30.5 Å². The molecular weight excluding hydrogens is 305 g/mol. The average molecular weight is 314 g/mol. The smallest absolute Gasteiger partial charge is 0.320 e. The first-order valence-corrected chi connectivity index (χ1v) is 5.85. The first-order chi connectivity index (χ1) is 10.2. The molecule has 1 N–H and O–H groups in total. The molecule has 0 spiro atoms. The number of hydrogen-bond donors (Lipinski definition) is 1. The largest absolute Gasteiger partial charge is 0.418 e. The quantitative estimate of drug-likeness (QED) is 0.696. The predicted octanol–water partition coefficient (Wildman–Crippen LogP) is 2.60. The maximum atomic E-state index is 12.8. The molecule has 22 heavy (non-hydrogen) atoms. The summed E-state index contributed by atoms with van der Waals surface area (Å²) in [5, 5.41) is 16.4. The zero-order chi connectivity index (χ0) is 16.5. The Morgan fingerprint density at radius 2 is 2.00 bits per heavy atom. The second kappa shape index (κ2) is 5.47. The summed E-state index contributed by atoms with van der Waals surface area (Å²) >= 11 is 0. The van der Waals surface area contributed by atoms with Gasteiger partial charge in [-0.2, -0.15) is 18.3 Å². The van der Waals surface area contributed by atoms with Crippen LogP contribution in [0, 0.1) is 10.1 Å². The summed E-state index contributed by atoms with van der Waals surface area (Å²) in [6.07, 6.45) is -3.68. The number of amides is 1. The van der Waals surface area contributed by atoms with Crippen molar-refractivity contribution in [1.29, 1.82) is 0 Å². The molecule has 10 heteroatoms. The van der Waals surface area contributed by atoms with E-state index in [2.05, 4.69) is 5.10 Å². The van der Waals surface area contributed by atoms with Gasteiger partial charge in [0, 0.05) is 7.05 Å². The molecule has 0 aliphatic heterocycles. The summed E-state index contributed by atoms with van der Waals surface area (Å²) in [5.41, 5.74) is -2.71. The summed E-state index contributed by atoms with van der Waals surface area (Å²) in [5.74, 6) is -1.09. The fourth-order valence-corrected chi connectivity index (χ4v) is 1.79. The molecule has 0 saturated heterocycles. The highest BCUT2D eigenvalue weighted by Gasteiger charge is 2.34. The maximum absolute atomic E-state index is 12.8. The summed E-state index contributed by atoms with van der Waals surface area (Å²) in [6.45, 7) is 0. The van der Waals surface area contributed by atoms with Crippen molar-refractivity contribution in [1.82, 2.24) is 9.78 Å². The number of halogens is 3. The third-order valence-corrected chi connectivity index (χ3v) is 2.70. The van der Waals surface area contributed by atoms with Crippen LogP contribution in [0.4, 0.5) is 24.5 Å². The van der Waals surface area contributed by atoms with E-state index >= 15 is 0 Å². The number of rotatable bonds is 3. The minimum atomic E-state index is -4.67. The topological polar surface area (TPSA) is 90.1 Å². The van der Waals surface area contributed by atoms with Crippen LogP contribution in [0.2, 0.25) is 0 Å². The van der Waals surface area contributed by atoms with Crippen LogP contribution in [-0.2, 0) is 13.2 Å². The van der Waals surface area contributed by atoms with Gasteiger partial charge in [0.05, 0.1) is 16.2 Å². The second-order valence-corrected chi connectivity index (χ2v) is 4.29. The molecule has 0 radical (unpaired) electrons. The number of alkyl halides is 3. The SMILES string of the molecule is Cn1cc([N+](=O)[O-])c(C(=O)Nc2ccccc2C(F)(F)F)n1. The molecule has 1 aromatic carbocycles. The van der Waals surface area contributed by atoms with Crippen LogP contribution in [-0.4, -0.2) is 20.6 Å². The molecule has 2 rings (SSSR count). The minimum Gasteiger partial charge on any atom is -0.320 e. The Hall–Kier alpha value is -2.91. The molecule has 2 aromatic rings. The van der Waals surface area contributed by atoms with Crippen molar-refractivity contribution in [3.05, 3.63) is 51.8 Å². The number of aromatic nitrogens is 2. The van der Waals surface area contributed by atoms with Crippen molar-refractivity contribution in [3.63, 3.8) is 0 Å². The molecule has 7 nitrogen and oxygen atoms in total. The van der Waals surface area contributed by atoms with E-state index in [9.17, 15) is 28.1 Å². The summed E-state index contributed by atoms with van der Waals surface area (Å²) in [6, 6.07) is 4.32. The summed E-state index contributed by atoms with van der Waals surface area (Å²) in [4.78, 5) is 21.9. The van der Waals surface area contributed by atoms with Crippen molar-refractivity contribution >= 4 is 17.3 Å². The third-order valence-electron chi connectivity index (χ3n) is 2.70. The molecule has 1 heterocycles. The lowest BCUT2D eigenvalue weighted by atomic mass is 10.1. The highest BCUT2D eigenvalue weighted by Crippen LogP contribution is 2.34. The van der Waals surface area contributed by atoms with Gasteiger partial charge in [-0.1, -0.05) is 12.1 Å². The van der Waals surface area contributed by atoms with Gasteiger partial charge in [-0.05, 0) is 12.1 Å². The molecule has 0 bridgehead atoms. The van der Waals surface area contributed by atoms with Crippen LogP contribution in [0.3, 0.4) is 0 Å². The molecule has 116 valence electrons. The number of benzene rings is 1. The number of nitro groups is 1. The first-order valence-electron chi connectivity index (χ1n) is 5.85. The predicted molar refractivity (Wildman–Crippen MR) is 69.3 cm³/mol. The Labute approximate surface area is 121 Å². The number of para-hydroxylation sites is 1. The number of nitrogens with one attached hydrogen (secondary N) is 1. The molecule has 1 aromatic heterocycles. The molecule has 1 amide bonds. The molecule has 0 aliphatic carbocycles. The molecule has 0 atom stereocenters. The van der Waals surface area contributed by atoms with E-state index in [-0.39, 0.29) is 0 Å². The number of carbonyl (C=O) groups is 1. The molecule has 0 unspecified atom stereocenters. The second-order valence-electron chi connectivity index (χ2n) is 4.29. The fourth-order valence-electron chi connectivity index (χ4n) is 1.79. The van der Waals surface area contributed by atoms with Gasteiger partial charge in [0.25, 0.3) is 5.91 Å². The van der Waals surface area contributed by atoms with Crippen LogP contribution in [0.5, 0.6) is 0 Å². The van der Waals surface area contributed by atoms with E-state index in [1.807, 2.05) is 5.32 Å². The average Bonchev–Trinajstić information content (AvgIpc) is 2.80. The molecule has 0 saturated carbocycles. The van der Waals surface area contributed by atoms with Gasteiger partial charge in [-0.25, -0.2) is 0 Å². The zero-order valence-corrected chi connectivity index (χ0v) is 11.1. The van der Waals surface area contributed by atoms with E-state index < -0.39 is 39.6 Å². The summed E-state index contributed by atoms with van der Waals surface area (Å²) < 4.78 is 39.5. The lowest BCUT2D eigenvalue weighted by molar-refractivity contribution is -0.385. The number of carbonyl (C=O) groups excluding carboxylic acids is 1. The maximum Gasteiger partial charge on any atom is 0.418 e.